The van der Waals surface area contributed by atoms with Crippen molar-refractivity contribution in [2.45, 2.75) is 19.8 Å². The van der Waals surface area contributed by atoms with E-state index < -0.39 is 0 Å². The minimum atomic E-state index is 0.198. The van der Waals surface area contributed by atoms with E-state index in [0.29, 0.717) is 23.9 Å². The zero-order chi connectivity index (χ0) is 18.1. The Bertz CT molecular complexity index is 940. The standard InChI is InChI=1S/C21H24N4O/c1-14-8-9-16-18(11-14)23-20(17-6-2-3-7-19(17)26)24-21(16)25-10-4-5-15(12-22)13-25/h2-3,6-9,11,15,26H,4-5,10,12-13,22H2,1H3. The molecule has 2 heterocycles. The van der Waals surface area contributed by atoms with Crippen molar-refractivity contribution in [1.29, 1.82) is 0 Å². The van der Waals surface area contributed by atoms with Crippen LogP contribution in [0.2, 0.25) is 0 Å². The minimum Gasteiger partial charge on any atom is -0.507 e. The molecule has 0 bridgehead atoms. The molecule has 1 aliphatic heterocycles. The van der Waals surface area contributed by atoms with Gasteiger partial charge in [0.2, 0.25) is 0 Å². The van der Waals surface area contributed by atoms with Gasteiger partial charge in [-0.05, 0) is 62.1 Å². The average molecular weight is 348 g/mol. The number of hydrogen-bond acceptors (Lipinski definition) is 5. The van der Waals surface area contributed by atoms with E-state index in [0.717, 1.165) is 41.8 Å². The Morgan fingerprint density at radius 3 is 2.85 bits per heavy atom. The Morgan fingerprint density at radius 1 is 1.19 bits per heavy atom. The van der Waals surface area contributed by atoms with Gasteiger partial charge in [0, 0.05) is 18.5 Å². The molecule has 5 nitrogen and oxygen atoms in total. The molecule has 1 saturated heterocycles. The normalized spacial score (nSPS) is 17.6. The molecule has 2 aromatic carbocycles. The van der Waals surface area contributed by atoms with Crippen molar-refractivity contribution in [3.8, 4) is 17.1 Å². The van der Waals surface area contributed by atoms with Crippen molar-refractivity contribution in [1.82, 2.24) is 9.97 Å². The first kappa shape index (κ1) is 16.8. The van der Waals surface area contributed by atoms with Crippen LogP contribution >= 0.6 is 0 Å². The maximum atomic E-state index is 10.3. The molecular formula is C21H24N4O. The zero-order valence-corrected chi connectivity index (χ0v) is 15.0. The molecule has 0 spiro atoms. The Labute approximate surface area is 153 Å². The molecule has 0 amide bonds. The highest BCUT2D eigenvalue weighted by atomic mass is 16.3. The molecule has 1 fully saturated rings. The molecule has 4 rings (SSSR count). The number of aromatic hydroxyl groups is 1. The summed E-state index contributed by atoms with van der Waals surface area (Å²) >= 11 is 0. The molecule has 3 aromatic rings. The highest BCUT2D eigenvalue weighted by Crippen LogP contribution is 2.33. The van der Waals surface area contributed by atoms with E-state index in [4.69, 9.17) is 15.7 Å². The highest BCUT2D eigenvalue weighted by molar-refractivity contribution is 5.91. The second kappa shape index (κ2) is 6.92. The molecule has 1 unspecified atom stereocenters. The van der Waals surface area contributed by atoms with Gasteiger partial charge >= 0.3 is 0 Å². The van der Waals surface area contributed by atoms with Gasteiger partial charge in [0.05, 0.1) is 11.1 Å². The summed E-state index contributed by atoms with van der Waals surface area (Å²) in [6.07, 6.45) is 2.28. The predicted molar refractivity (Wildman–Crippen MR) is 105 cm³/mol. The third-order valence-electron chi connectivity index (χ3n) is 5.13. The van der Waals surface area contributed by atoms with Gasteiger partial charge in [-0.2, -0.15) is 0 Å². The molecule has 0 saturated carbocycles. The maximum Gasteiger partial charge on any atom is 0.165 e. The number of para-hydroxylation sites is 1. The monoisotopic (exact) mass is 348 g/mol. The van der Waals surface area contributed by atoms with Crippen molar-refractivity contribution in [3.63, 3.8) is 0 Å². The van der Waals surface area contributed by atoms with Crippen molar-refractivity contribution in [2.75, 3.05) is 24.5 Å². The molecule has 26 heavy (non-hydrogen) atoms. The summed E-state index contributed by atoms with van der Waals surface area (Å²) < 4.78 is 0. The van der Waals surface area contributed by atoms with Crippen LogP contribution in [0, 0.1) is 12.8 Å². The van der Waals surface area contributed by atoms with Gasteiger partial charge in [-0.1, -0.05) is 18.2 Å². The summed E-state index contributed by atoms with van der Waals surface area (Å²) in [5.74, 6) is 2.19. The number of nitrogens with two attached hydrogens (primary N) is 1. The van der Waals surface area contributed by atoms with Crippen LogP contribution in [-0.2, 0) is 0 Å². The lowest BCUT2D eigenvalue weighted by atomic mass is 9.98. The summed E-state index contributed by atoms with van der Waals surface area (Å²) in [6, 6.07) is 13.5. The fourth-order valence-corrected chi connectivity index (χ4v) is 3.70. The smallest absolute Gasteiger partial charge is 0.165 e. The van der Waals surface area contributed by atoms with Crippen molar-refractivity contribution in [3.05, 3.63) is 48.0 Å². The van der Waals surface area contributed by atoms with Gasteiger partial charge in [-0.15, -0.1) is 0 Å². The Balaban J connectivity index is 1.89. The van der Waals surface area contributed by atoms with E-state index in [2.05, 4.69) is 30.0 Å². The first-order valence-electron chi connectivity index (χ1n) is 9.17. The minimum absolute atomic E-state index is 0.198. The number of piperidine rings is 1. The third-order valence-corrected chi connectivity index (χ3v) is 5.13. The van der Waals surface area contributed by atoms with Crippen LogP contribution in [0.3, 0.4) is 0 Å². The van der Waals surface area contributed by atoms with Gasteiger partial charge in [-0.25, -0.2) is 9.97 Å². The molecule has 134 valence electrons. The number of anilines is 1. The average Bonchev–Trinajstić information content (AvgIpc) is 2.67. The third kappa shape index (κ3) is 3.10. The van der Waals surface area contributed by atoms with Crippen LogP contribution in [0.4, 0.5) is 5.82 Å². The Morgan fingerprint density at radius 2 is 2.04 bits per heavy atom. The van der Waals surface area contributed by atoms with Crippen LogP contribution in [0.15, 0.2) is 42.5 Å². The van der Waals surface area contributed by atoms with Gasteiger partial charge in [0.25, 0.3) is 0 Å². The van der Waals surface area contributed by atoms with Crippen LogP contribution < -0.4 is 10.6 Å². The van der Waals surface area contributed by atoms with Crippen molar-refractivity contribution in [2.24, 2.45) is 11.7 Å². The lowest BCUT2D eigenvalue weighted by Gasteiger charge is -2.33. The molecule has 1 aliphatic rings. The molecule has 1 aromatic heterocycles. The molecule has 0 radical (unpaired) electrons. The number of benzene rings is 2. The zero-order valence-electron chi connectivity index (χ0n) is 15.0. The molecule has 3 N–H and O–H groups in total. The largest absolute Gasteiger partial charge is 0.507 e. The van der Waals surface area contributed by atoms with Crippen LogP contribution in [0.1, 0.15) is 18.4 Å². The molecule has 0 aliphatic carbocycles. The molecule has 5 heteroatoms. The van der Waals surface area contributed by atoms with E-state index in [1.54, 1.807) is 12.1 Å². The quantitative estimate of drug-likeness (QED) is 0.758. The first-order valence-corrected chi connectivity index (χ1v) is 9.17. The summed E-state index contributed by atoms with van der Waals surface area (Å²) in [6.45, 7) is 4.64. The fourth-order valence-electron chi connectivity index (χ4n) is 3.70. The van der Waals surface area contributed by atoms with Crippen LogP contribution in [-0.4, -0.2) is 34.7 Å². The number of aryl methyl sites for hydroxylation is 1. The van der Waals surface area contributed by atoms with Gasteiger partial charge in [0.1, 0.15) is 11.6 Å². The summed E-state index contributed by atoms with van der Waals surface area (Å²) in [4.78, 5) is 11.9. The number of aromatic nitrogens is 2. The fraction of sp³-hybridized carbons (Fsp3) is 0.333. The van der Waals surface area contributed by atoms with E-state index in [9.17, 15) is 5.11 Å². The lowest BCUT2D eigenvalue weighted by Crippen LogP contribution is -2.39. The van der Waals surface area contributed by atoms with Crippen molar-refractivity contribution < 1.29 is 5.11 Å². The van der Waals surface area contributed by atoms with Crippen LogP contribution in [0.25, 0.3) is 22.3 Å². The highest BCUT2D eigenvalue weighted by Gasteiger charge is 2.23. The number of phenols is 1. The Hall–Kier alpha value is -2.66. The Kier molecular flexibility index (Phi) is 4.47. The van der Waals surface area contributed by atoms with E-state index in [-0.39, 0.29) is 5.75 Å². The van der Waals surface area contributed by atoms with E-state index in [1.165, 1.54) is 6.42 Å². The van der Waals surface area contributed by atoms with E-state index in [1.807, 2.05) is 12.1 Å². The number of nitrogens with zero attached hydrogens (tertiary/aromatic N) is 3. The summed E-state index contributed by atoms with van der Waals surface area (Å²) in [5.41, 5.74) is 8.64. The second-order valence-electron chi connectivity index (χ2n) is 7.10. The van der Waals surface area contributed by atoms with E-state index >= 15 is 0 Å². The van der Waals surface area contributed by atoms with Crippen LogP contribution in [0.5, 0.6) is 5.75 Å². The predicted octanol–water partition coefficient (Wildman–Crippen LogP) is 3.49. The number of hydrogen-bond donors (Lipinski definition) is 2. The number of phenolic OH excluding ortho intramolecular Hbond substituents is 1. The van der Waals surface area contributed by atoms with Gasteiger partial charge in [-0.3, -0.25) is 0 Å². The second-order valence-corrected chi connectivity index (χ2v) is 7.10. The topological polar surface area (TPSA) is 75.3 Å². The maximum absolute atomic E-state index is 10.3. The first-order chi connectivity index (χ1) is 12.7. The lowest BCUT2D eigenvalue weighted by molar-refractivity contribution is 0.422. The number of rotatable bonds is 3. The van der Waals surface area contributed by atoms with Gasteiger partial charge in [0.15, 0.2) is 5.82 Å². The summed E-state index contributed by atoms with van der Waals surface area (Å²) in [7, 11) is 0. The van der Waals surface area contributed by atoms with Crippen molar-refractivity contribution >= 4 is 16.7 Å². The van der Waals surface area contributed by atoms with Gasteiger partial charge < -0.3 is 15.7 Å². The number of fused-ring (bicyclic) bond motifs is 1. The SMILES string of the molecule is Cc1ccc2c(N3CCCC(CN)C3)nc(-c3ccccc3O)nc2c1. The molecule has 1 atom stereocenters. The molecular weight excluding hydrogens is 324 g/mol. The summed E-state index contributed by atoms with van der Waals surface area (Å²) in [5, 5.41) is 11.3.